The summed E-state index contributed by atoms with van der Waals surface area (Å²) in [5, 5.41) is 7.04. The second-order valence-electron chi connectivity index (χ2n) is 10.4. The topological polar surface area (TPSA) is 30.4 Å². The molecule has 0 amide bonds. The van der Waals surface area contributed by atoms with Crippen molar-refractivity contribution in [3.8, 4) is 22.3 Å². The molecule has 0 unspecified atom stereocenters. The molecule has 0 atom stereocenters. The van der Waals surface area contributed by atoms with Crippen molar-refractivity contribution in [2.75, 3.05) is 0 Å². The maximum atomic E-state index is 6.57. The van der Waals surface area contributed by atoms with Gasteiger partial charge in [0, 0.05) is 10.8 Å². The van der Waals surface area contributed by atoms with E-state index >= 15 is 0 Å². The third kappa shape index (κ3) is 2.97. The van der Waals surface area contributed by atoms with E-state index in [0.29, 0.717) is 0 Å². The lowest BCUT2D eigenvalue weighted by atomic mass is 9.95. The minimum Gasteiger partial charge on any atom is -0.439 e. The quantitative estimate of drug-likeness (QED) is 0.232. The number of aromatic nitrogens is 2. The highest BCUT2D eigenvalue weighted by atomic mass is 16.3. The fourth-order valence-corrected chi connectivity index (χ4v) is 6.31. The molecule has 0 aliphatic rings. The maximum absolute atomic E-state index is 6.57. The Balaban J connectivity index is 1.26. The summed E-state index contributed by atoms with van der Waals surface area (Å²) in [6.07, 6.45) is 0. The molecule has 9 aromatic rings. The average Bonchev–Trinajstić information content (AvgIpc) is 3.60. The van der Waals surface area contributed by atoms with Crippen molar-refractivity contribution in [2.24, 2.45) is 0 Å². The van der Waals surface area contributed by atoms with Gasteiger partial charge < -0.3 is 4.42 Å². The van der Waals surface area contributed by atoms with E-state index in [2.05, 4.69) is 132 Å². The molecule has 3 aromatic heterocycles. The van der Waals surface area contributed by atoms with Crippen LogP contribution >= 0.6 is 0 Å². The minimum atomic E-state index is 0.834. The molecule has 0 saturated heterocycles. The molecular weight excluding hydrogens is 488 g/mol. The fourth-order valence-electron chi connectivity index (χ4n) is 6.31. The molecule has 0 bridgehead atoms. The molecule has 3 nitrogen and oxygen atoms in total. The Morgan fingerprint density at radius 2 is 1.23 bits per heavy atom. The van der Waals surface area contributed by atoms with E-state index in [1.54, 1.807) is 0 Å². The van der Waals surface area contributed by atoms with Crippen LogP contribution in [0, 0.1) is 0 Å². The zero-order valence-electron chi connectivity index (χ0n) is 21.5. The summed E-state index contributed by atoms with van der Waals surface area (Å²) < 4.78 is 8.74. The Morgan fingerprint density at radius 3 is 2.12 bits per heavy atom. The van der Waals surface area contributed by atoms with E-state index in [-0.39, 0.29) is 0 Å². The van der Waals surface area contributed by atoms with Crippen molar-refractivity contribution in [3.05, 3.63) is 133 Å². The molecular formula is C37H22N2O. The third-order valence-corrected chi connectivity index (χ3v) is 8.19. The van der Waals surface area contributed by atoms with Gasteiger partial charge in [-0.2, -0.15) is 0 Å². The Kier molecular flexibility index (Phi) is 4.33. The second-order valence-corrected chi connectivity index (χ2v) is 10.4. The number of nitrogens with zero attached hydrogens (tertiary/aromatic N) is 2. The highest BCUT2D eigenvalue weighted by Gasteiger charge is 2.19. The molecule has 0 spiro atoms. The maximum Gasteiger partial charge on any atom is 0.215 e. The Labute approximate surface area is 229 Å². The molecule has 186 valence electrons. The van der Waals surface area contributed by atoms with E-state index in [9.17, 15) is 0 Å². The predicted molar refractivity (Wildman–Crippen MR) is 166 cm³/mol. The lowest BCUT2D eigenvalue weighted by molar-refractivity contribution is 0.650. The zero-order chi connectivity index (χ0) is 26.2. The summed E-state index contributed by atoms with van der Waals surface area (Å²) in [6.45, 7) is 0. The molecule has 40 heavy (non-hydrogen) atoms. The van der Waals surface area contributed by atoms with E-state index in [1.807, 2.05) is 6.07 Å². The number of furan rings is 1. The molecule has 0 saturated carbocycles. The van der Waals surface area contributed by atoms with Gasteiger partial charge in [0.05, 0.1) is 16.4 Å². The summed E-state index contributed by atoms with van der Waals surface area (Å²) in [5.74, 6) is 0. The summed E-state index contributed by atoms with van der Waals surface area (Å²) in [5.41, 5.74) is 9.47. The first-order valence-electron chi connectivity index (χ1n) is 13.6. The first-order valence-corrected chi connectivity index (χ1v) is 13.6. The molecule has 0 aliphatic carbocycles. The molecule has 0 fully saturated rings. The van der Waals surface area contributed by atoms with Gasteiger partial charge in [-0.15, -0.1) is 0 Å². The third-order valence-electron chi connectivity index (χ3n) is 8.19. The van der Waals surface area contributed by atoms with Crippen molar-refractivity contribution in [2.45, 2.75) is 0 Å². The molecule has 3 heteroatoms. The monoisotopic (exact) mass is 510 g/mol. The molecule has 3 heterocycles. The number of rotatable bonds is 2. The largest absolute Gasteiger partial charge is 0.439 e. The lowest BCUT2D eigenvalue weighted by Gasteiger charge is -2.09. The van der Waals surface area contributed by atoms with Crippen LogP contribution in [0.2, 0.25) is 0 Å². The Bertz CT molecular complexity index is 2420. The molecule has 0 radical (unpaired) electrons. The van der Waals surface area contributed by atoms with E-state index < -0.39 is 0 Å². The van der Waals surface area contributed by atoms with Crippen molar-refractivity contribution >= 4 is 60.3 Å². The van der Waals surface area contributed by atoms with Crippen molar-refractivity contribution in [1.82, 2.24) is 9.38 Å². The number of hydrogen-bond donors (Lipinski definition) is 0. The SMILES string of the molecule is c1ccc2c(-c3ccc(-c4ccc5oc6c(c5c4)c4ccccc4c4nc5ccccc5n46)cc3)cccc2c1. The van der Waals surface area contributed by atoms with Crippen LogP contribution in [0.15, 0.2) is 138 Å². The van der Waals surface area contributed by atoms with Crippen LogP contribution in [0.5, 0.6) is 0 Å². The van der Waals surface area contributed by atoms with Crippen LogP contribution in [-0.4, -0.2) is 9.38 Å². The number of hydrogen-bond acceptors (Lipinski definition) is 2. The highest BCUT2D eigenvalue weighted by molar-refractivity contribution is 6.22. The average molecular weight is 511 g/mol. The normalized spacial score (nSPS) is 12.0. The van der Waals surface area contributed by atoms with Gasteiger partial charge in [-0.3, -0.25) is 4.40 Å². The summed E-state index contributed by atoms with van der Waals surface area (Å²) in [7, 11) is 0. The van der Waals surface area contributed by atoms with Crippen molar-refractivity contribution in [3.63, 3.8) is 0 Å². The number of para-hydroxylation sites is 2. The van der Waals surface area contributed by atoms with Gasteiger partial charge >= 0.3 is 0 Å². The van der Waals surface area contributed by atoms with Crippen LogP contribution < -0.4 is 0 Å². The van der Waals surface area contributed by atoms with E-state index in [4.69, 9.17) is 9.40 Å². The van der Waals surface area contributed by atoms with Gasteiger partial charge in [0.15, 0.2) is 0 Å². The van der Waals surface area contributed by atoms with Crippen LogP contribution in [-0.2, 0) is 0 Å². The van der Waals surface area contributed by atoms with Gasteiger partial charge in [0.2, 0.25) is 5.71 Å². The number of benzene rings is 6. The van der Waals surface area contributed by atoms with Crippen molar-refractivity contribution < 1.29 is 4.42 Å². The Morgan fingerprint density at radius 1 is 0.525 bits per heavy atom. The molecule has 9 rings (SSSR count). The number of pyridine rings is 1. The molecule has 6 aromatic carbocycles. The van der Waals surface area contributed by atoms with Gasteiger partial charge in [-0.05, 0) is 62.7 Å². The predicted octanol–water partition coefficient (Wildman–Crippen LogP) is 10.0. The standard InChI is InChI=1S/C37H22N2O/c1-2-10-27-24(8-1)9-7-13-28(27)25-18-16-23(17-19-25)26-20-21-34-31(22-26)35-29-11-3-4-12-30(29)36-38-32-14-5-6-15-33(32)39(36)37(35)40-34/h1-22H. The second kappa shape index (κ2) is 8.05. The fraction of sp³-hybridized carbons (Fsp3) is 0. The number of imidazole rings is 1. The minimum absolute atomic E-state index is 0.834. The first kappa shape index (κ1) is 21.5. The summed E-state index contributed by atoms with van der Waals surface area (Å²) in [4.78, 5) is 4.98. The van der Waals surface area contributed by atoms with Crippen LogP contribution in [0.25, 0.3) is 82.5 Å². The van der Waals surface area contributed by atoms with Crippen molar-refractivity contribution in [1.29, 1.82) is 0 Å². The molecule has 0 aliphatic heterocycles. The van der Waals surface area contributed by atoms with Gasteiger partial charge in [0.1, 0.15) is 11.2 Å². The summed E-state index contributed by atoms with van der Waals surface area (Å²) in [6, 6.07) is 47.3. The lowest BCUT2D eigenvalue weighted by Crippen LogP contribution is -1.88. The van der Waals surface area contributed by atoms with Crippen LogP contribution in [0.1, 0.15) is 0 Å². The highest BCUT2D eigenvalue weighted by Crippen LogP contribution is 2.40. The van der Waals surface area contributed by atoms with E-state index in [1.165, 1.54) is 33.0 Å². The zero-order valence-corrected chi connectivity index (χ0v) is 21.5. The Hall–Kier alpha value is -5.41. The number of fused-ring (bicyclic) bond motifs is 11. The molecule has 0 N–H and O–H groups in total. The van der Waals surface area contributed by atoms with Gasteiger partial charge in [0.25, 0.3) is 0 Å². The van der Waals surface area contributed by atoms with E-state index in [0.717, 1.165) is 49.5 Å². The summed E-state index contributed by atoms with van der Waals surface area (Å²) >= 11 is 0. The van der Waals surface area contributed by atoms with Crippen LogP contribution in [0.4, 0.5) is 0 Å². The van der Waals surface area contributed by atoms with Gasteiger partial charge in [-0.1, -0.05) is 109 Å². The smallest absolute Gasteiger partial charge is 0.215 e. The first-order chi connectivity index (χ1) is 19.8. The van der Waals surface area contributed by atoms with Crippen LogP contribution in [0.3, 0.4) is 0 Å². The van der Waals surface area contributed by atoms with Gasteiger partial charge in [-0.25, -0.2) is 4.98 Å².